The highest BCUT2D eigenvalue weighted by molar-refractivity contribution is 5.82. The molecule has 1 aliphatic rings. The molecule has 6 heteroatoms. The number of aromatic hydroxyl groups is 1. The number of amides is 2. The lowest BCUT2D eigenvalue weighted by molar-refractivity contribution is -0.139. The summed E-state index contributed by atoms with van der Waals surface area (Å²) in [6, 6.07) is 4.17. The van der Waals surface area contributed by atoms with Crippen LogP contribution in [0.3, 0.4) is 0 Å². The van der Waals surface area contributed by atoms with Crippen LogP contribution in [0, 0.1) is 11.8 Å². The van der Waals surface area contributed by atoms with Crippen LogP contribution < -0.4 is 5.32 Å². The molecule has 0 spiro atoms. The van der Waals surface area contributed by atoms with E-state index in [9.17, 15) is 19.8 Å². The molecule has 0 saturated heterocycles. The summed E-state index contributed by atoms with van der Waals surface area (Å²) in [5, 5.41) is 22.3. The fourth-order valence-corrected chi connectivity index (χ4v) is 4.93. The maximum atomic E-state index is 13.1. The molecule has 0 heterocycles. The number of urea groups is 1. The Kier molecular flexibility index (Phi) is 7.20. The molecule has 1 aromatic carbocycles. The van der Waals surface area contributed by atoms with E-state index in [1.807, 2.05) is 26.0 Å². The van der Waals surface area contributed by atoms with Crippen LogP contribution in [0.15, 0.2) is 18.2 Å². The number of nitrogens with zero attached hydrogens (tertiary/aromatic N) is 1. The summed E-state index contributed by atoms with van der Waals surface area (Å²) < 4.78 is 0. The number of likely N-dealkylation sites (N-methyl/N-ethyl adjacent to an activating group) is 1. The highest BCUT2D eigenvalue weighted by Gasteiger charge is 2.47. The summed E-state index contributed by atoms with van der Waals surface area (Å²) in [7, 11) is 1.76. The number of carboxylic acids is 1. The number of fused-ring (bicyclic) bond motifs is 1. The summed E-state index contributed by atoms with van der Waals surface area (Å²) in [6.07, 6.45) is 2.93. The molecule has 29 heavy (non-hydrogen) atoms. The number of carbonyl (C=O) groups excluding carboxylic acids is 1. The molecule has 3 N–H and O–H groups in total. The average molecular weight is 405 g/mol. The van der Waals surface area contributed by atoms with Gasteiger partial charge in [-0.2, -0.15) is 0 Å². The van der Waals surface area contributed by atoms with Crippen molar-refractivity contribution < 1.29 is 19.8 Å². The Morgan fingerprint density at radius 2 is 1.97 bits per heavy atom. The van der Waals surface area contributed by atoms with Crippen LogP contribution in [0.1, 0.15) is 65.0 Å². The summed E-state index contributed by atoms with van der Waals surface area (Å²) in [6.45, 7) is 10.3. The summed E-state index contributed by atoms with van der Waals surface area (Å²) in [5.41, 5.74) is 1.95. The monoisotopic (exact) mass is 404 g/mol. The van der Waals surface area contributed by atoms with Gasteiger partial charge in [-0.15, -0.1) is 0 Å². The van der Waals surface area contributed by atoms with Crippen molar-refractivity contribution in [2.24, 2.45) is 11.8 Å². The quantitative estimate of drug-likeness (QED) is 0.637. The van der Waals surface area contributed by atoms with E-state index in [1.54, 1.807) is 18.0 Å². The minimum absolute atomic E-state index is 0.0969. The first-order chi connectivity index (χ1) is 13.5. The Morgan fingerprint density at radius 1 is 1.31 bits per heavy atom. The van der Waals surface area contributed by atoms with Crippen LogP contribution >= 0.6 is 0 Å². The summed E-state index contributed by atoms with van der Waals surface area (Å²) in [5.74, 6) is -0.367. The van der Waals surface area contributed by atoms with Gasteiger partial charge in [-0.25, -0.2) is 9.59 Å². The van der Waals surface area contributed by atoms with E-state index in [0.717, 1.165) is 24.8 Å². The normalized spacial score (nSPS) is 24.7. The van der Waals surface area contributed by atoms with Gasteiger partial charge in [0.05, 0.1) is 0 Å². The number of hydrogen-bond acceptors (Lipinski definition) is 3. The number of benzene rings is 1. The van der Waals surface area contributed by atoms with Crippen LogP contribution in [0.25, 0.3) is 0 Å². The number of rotatable bonds is 7. The van der Waals surface area contributed by atoms with Crippen molar-refractivity contribution in [1.29, 1.82) is 0 Å². The molecule has 162 valence electrons. The lowest BCUT2D eigenvalue weighted by Gasteiger charge is -2.51. The molecule has 0 fully saturated rings. The Hall–Kier alpha value is -2.24. The fourth-order valence-electron chi connectivity index (χ4n) is 4.93. The standard InChI is InChI=1S/C23H36N2O4/c1-7-15-12-16-9-10-17(26)13-18(16)23(5,8-2)20(15)25(6)22(29)24-19(21(27)28)11-14(3)4/h9-10,13-15,19-20,26H,7-8,11-12H2,1-6H3,(H,24,29)(H,27,28)/t15-,19?,20+,23+/m1/s1. The van der Waals surface area contributed by atoms with Crippen LogP contribution in [0.2, 0.25) is 0 Å². The number of carboxylic acid groups (broad SMARTS) is 1. The fraction of sp³-hybridized carbons (Fsp3) is 0.652. The van der Waals surface area contributed by atoms with Crippen molar-refractivity contribution in [1.82, 2.24) is 10.2 Å². The van der Waals surface area contributed by atoms with Crippen molar-refractivity contribution >= 4 is 12.0 Å². The molecule has 4 atom stereocenters. The zero-order valence-corrected chi connectivity index (χ0v) is 18.5. The number of carbonyl (C=O) groups is 2. The first-order valence-electron chi connectivity index (χ1n) is 10.6. The molecular formula is C23H36N2O4. The van der Waals surface area contributed by atoms with Crippen LogP contribution in [-0.4, -0.2) is 46.2 Å². The second-order valence-electron chi connectivity index (χ2n) is 9.01. The van der Waals surface area contributed by atoms with Gasteiger partial charge in [0.1, 0.15) is 11.8 Å². The topological polar surface area (TPSA) is 89.9 Å². The van der Waals surface area contributed by atoms with Gasteiger partial charge in [0.2, 0.25) is 0 Å². The summed E-state index contributed by atoms with van der Waals surface area (Å²) >= 11 is 0. The highest BCUT2D eigenvalue weighted by Crippen LogP contribution is 2.46. The Balaban J connectivity index is 2.38. The van der Waals surface area contributed by atoms with Crippen LogP contribution in [0.5, 0.6) is 5.75 Å². The molecule has 0 bridgehead atoms. The van der Waals surface area contributed by atoms with Crippen LogP contribution in [0.4, 0.5) is 4.79 Å². The third kappa shape index (κ3) is 4.68. The second-order valence-corrected chi connectivity index (χ2v) is 9.01. The molecule has 1 aliphatic carbocycles. The molecule has 6 nitrogen and oxygen atoms in total. The molecule has 2 amide bonds. The SMILES string of the molecule is CC[C@@H]1Cc2ccc(O)cc2[C@](C)(CC)[C@H]1N(C)C(=O)NC(CC(C)C)C(=O)O. The van der Waals surface area contributed by atoms with E-state index >= 15 is 0 Å². The van der Waals surface area contributed by atoms with Crippen molar-refractivity contribution in [3.63, 3.8) is 0 Å². The first kappa shape index (κ1) is 23.0. The third-order valence-corrected chi connectivity index (χ3v) is 6.59. The van der Waals surface area contributed by atoms with Gasteiger partial charge in [0.25, 0.3) is 0 Å². The number of aliphatic carboxylic acids is 1. The third-order valence-electron chi connectivity index (χ3n) is 6.59. The van der Waals surface area contributed by atoms with Gasteiger partial charge in [0, 0.05) is 18.5 Å². The van der Waals surface area contributed by atoms with E-state index < -0.39 is 12.0 Å². The predicted molar refractivity (Wildman–Crippen MR) is 114 cm³/mol. The molecule has 1 aromatic rings. The maximum absolute atomic E-state index is 13.1. The minimum Gasteiger partial charge on any atom is -0.508 e. The predicted octanol–water partition coefficient (Wildman–Crippen LogP) is 4.15. The highest BCUT2D eigenvalue weighted by atomic mass is 16.4. The van der Waals surface area contributed by atoms with Gasteiger partial charge in [-0.3, -0.25) is 0 Å². The Morgan fingerprint density at radius 3 is 2.48 bits per heavy atom. The van der Waals surface area contributed by atoms with E-state index in [0.29, 0.717) is 6.42 Å². The van der Waals surface area contributed by atoms with Gasteiger partial charge in [0.15, 0.2) is 0 Å². The number of nitrogens with one attached hydrogen (secondary N) is 1. The molecular weight excluding hydrogens is 368 g/mol. The van der Waals surface area contributed by atoms with Gasteiger partial charge in [-0.1, -0.05) is 47.1 Å². The van der Waals surface area contributed by atoms with Gasteiger partial charge >= 0.3 is 12.0 Å². The Bertz CT molecular complexity index is 748. The van der Waals surface area contributed by atoms with E-state index in [4.69, 9.17) is 0 Å². The van der Waals surface area contributed by atoms with Gasteiger partial charge < -0.3 is 20.4 Å². The average Bonchev–Trinajstić information content (AvgIpc) is 2.66. The maximum Gasteiger partial charge on any atom is 0.326 e. The minimum atomic E-state index is -1.01. The molecule has 0 radical (unpaired) electrons. The lowest BCUT2D eigenvalue weighted by atomic mass is 9.61. The zero-order valence-electron chi connectivity index (χ0n) is 18.5. The van der Waals surface area contributed by atoms with Crippen molar-refractivity contribution in [2.45, 2.75) is 77.8 Å². The molecule has 0 aromatic heterocycles. The second kappa shape index (κ2) is 9.06. The molecule has 2 rings (SSSR count). The molecule has 0 saturated carbocycles. The van der Waals surface area contributed by atoms with Crippen molar-refractivity contribution in [3.8, 4) is 5.75 Å². The molecule has 1 unspecified atom stereocenters. The first-order valence-corrected chi connectivity index (χ1v) is 10.6. The smallest absolute Gasteiger partial charge is 0.326 e. The Labute approximate surface area is 174 Å². The lowest BCUT2D eigenvalue weighted by Crippen LogP contribution is -2.60. The number of phenols is 1. The van der Waals surface area contributed by atoms with Crippen molar-refractivity contribution in [2.75, 3.05) is 7.05 Å². The molecule has 0 aliphatic heterocycles. The zero-order chi connectivity index (χ0) is 21.9. The van der Waals surface area contributed by atoms with Crippen LogP contribution in [-0.2, 0) is 16.6 Å². The van der Waals surface area contributed by atoms with E-state index in [-0.39, 0.29) is 35.1 Å². The van der Waals surface area contributed by atoms with E-state index in [2.05, 4.69) is 26.1 Å². The van der Waals surface area contributed by atoms with E-state index in [1.165, 1.54) is 5.56 Å². The largest absolute Gasteiger partial charge is 0.508 e. The number of phenolic OH excluding ortho intramolecular Hbond substituents is 1. The summed E-state index contributed by atoms with van der Waals surface area (Å²) in [4.78, 5) is 26.4. The van der Waals surface area contributed by atoms with Gasteiger partial charge in [-0.05, 0) is 54.4 Å². The number of hydrogen-bond donors (Lipinski definition) is 3. The van der Waals surface area contributed by atoms with Crippen molar-refractivity contribution in [3.05, 3.63) is 29.3 Å².